The van der Waals surface area contributed by atoms with Crippen molar-refractivity contribution in [1.82, 2.24) is 24.9 Å². The van der Waals surface area contributed by atoms with Crippen LogP contribution in [0.1, 0.15) is 84.7 Å². The van der Waals surface area contributed by atoms with Gasteiger partial charge in [-0.3, -0.25) is 9.59 Å². The number of rotatable bonds is 13. The van der Waals surface area contributed by atoms with Gasteiger partial charge in [0.15, 0.2) is 5.69 Å². The van der Waals surface area contributed by atoms with Crippen molar-refractivity contribution in [3.05, 3.63) is 59.3 Å². The molecule has 4 bridgehead atoms. The fraction of sp³-hybridized carbons (Fsp3) is 0.538. The van der Waals surface area contributed by atoms with Gasteiger partial charge in [-0.1, -0.05) is 19.9 Å². The molecule has 2 aromatic carbocycles. The van der Waals surface area contributed by atoms with Gasteiger partial charge in [0.05, 0.1) is 42.7 Å². The maximum Gasteiger partial charge on any atom is 1.00 e. The smallest absolute Gasteiger partial charge is 0.548 e. The van der Waals surface area contributed by atoms with Gasteiger partial charge in [-0.05, 0) is 131 Å². The molecule has 2 amide bonds. The van der Waals surface area contributed by atoms with Crippen molar-refractivity contribution < 1.29 is 80.3 Å². The molecule has 51 heavy (non-hydrogen) atoms. The summed E-state index contributed by atoms with van der Waals surface area (Å²) < 4.78 is 13.2. The second kappa shape index (κ2) is 16.1. The number of nitrogens with one attached hydrogen (secondary N) is 1. The number of carbonyl (C=O) groups is 3. The minimum Gasteiger partial charge on any atom is -0.548 e. The van der Waals surface area contributed by atoms with E-state index >= 15 is 0 Å². The number of benzene rings is 2. The Kier molecular flexibility index (Phi) is 12.5. The summed E-state index contributed by atoms with van der Waals surface area (Å²) in [6.07, 6.45) is 5.14. The summed E-state index contributed by atoms with van der Waals surface area (Å²) in [5.74, 6) is -0.144. The van der Waals surface area contributed by atoms with Crippen LogP contribution in [0.3, 0.4) is 0 Å². The van der Waals surface area contributed by atoms with Crippen LogP contribution in [0.25, 0.3) is 16.9 Å². The van der Waals surface area contributed by atoms with Gasteiger partial charge < -0.3 is 34.5 Å². The average molecular weight is 724 g/mol. The predicted octanol–water partition coefficient (Wildman–Crippen LogP) is 1.38. The van der Waals surface area contributed by atoms with E-state index in [1.165, 1.54) is 0 Å². The number of carboxylic acids is 1. The second-order valence-corrected chi connectivity index (χ2v) is 15.1. The zero-order chi connectivity index (χ0) is 35.9. The topological polar surface area (TPSA) is 129 Å². The summed E-state index contributed by atoms with van der Waals surface area (Å²) in [4.78, 5) is 44.6. The van der Waals surface area contributed by atoms with Crippen molar-refractivity contribution in [3.63, 3.8) is 0 Å². The number of carbonyl (C=O) groups excluding carboxylic acids is 3. The maximum absolute atomic E-state index is 14.3. The number of hydrogen-bond acceptors (Lipinski definition) is 8. The first-order valence-corrected chi connectivity index (χ1v) is 17.8. The molecule has 4 aliphatic carbocycles. The van der Waals surface area contributed by atoms with Crippen molar-refractivity contribution >= 4 is 17.8 Å². The van der Waals surface area contributed by atoms with E-state index in [2.05, 4.69) is 10.2 Å². The quantitative estimate of drug-likeness (QED) is 0.262. The van der Waals surface area contributed by atoms with Crippen LogP contribution in [0.4, 0.5) is 0 Å². The summed E-state index contributed by atoms with van der Waals surface area (Å²) in [6, 6.07) is 12.6. The van der Waals surface area contributed by atoms with E-state index in [0.717, 1.165) is 50.6 Å². The second-order valence-electron chi connectivity index (χ2n) is 15.1. The molecule has 0 spiro atoms. The van der Waals surface area contributed by atoms with Gasteiger partial charge in [0.25, 0.3) is 11.8 Å². The molecule has 0 aliphatic heterocycles. The van der Waals surface area contributed by atoms with Gasteiger partial charge in [0.2, 0.25) is 0 Å². The number of methoxy groups -OCH3 is 2. The Morgan fingerprint density at radius 3 is 2.08 bits per heavy atom. The number of amides is 2. The molecule has 0 saturated heterocycles. The zero-order valence-electron chi connectivity index (χ0n) is 31.3. The monoisotopic (exact) mass is 723 g/mol. The first kappa shape index (κ1) is 39.5. The van der Waals surface area contributed by atoms with Crippen LogP contribution in [0.2, 0.25) is 0 Å². The van der Waals surface area contributed by atoms with E-state index in [0.29, 0.717) is 52.4 Å². The van der Waals surface area contributed by atoms with Gasteiger partial charge in [-0.15, -0.1) is 0 Å². The van der Waals surface area contributed by atoms with Crippen LogP contribution in [0.15, 0.2) is 42.5 Å². The van der Waals surface area contributed by atoms with Gasteiger partial charge >= 0.3 is 51.4 Å². The number of ether oxygens (including phenoxy) is 2. The number of nitrogens with zero attached hydrogens (tertiary/aromatic N) is 4. The van der Waals surface area contributed by atoms with Gasteiger partial charge in [-0.25, -0.2) is 4.68 Å². The number of aromatic nitrogens is 2. The van der Waals surface area contributed by atoms with E-state index in [1.54, 1.807) is 35.9 Å². The zero-order valence-corrected chi connectivity index (χ0v) is 34.4. The van der Waals surface area contributed by atoms with E-state index < -0.39 is 17.4 Å². The molecule has 4 fully saturated rings. The number of hydrogen-bond donors (Lipinski definition) is 1. The standard InChI is InChI=1S/C39H51N5O6.K/c1-23(2)29-21-26(37(46)43(5)15-9-14-42(3)4)12-13-31(29)44-32(35-33(49-6)10-8-11-34(35)50-7)22-30(41-44)36(45)40-39(38(47)48)27-17-24-16-25(19-27)20-28(39)18-24;/h8,10-13,21-25,27-28H,9,14-20H2,1-7H3,(H,40,45)(H,47,48);/q;+1/p-1. The van der Waals surface area contributed by atoms with Crippen molar-refractivity contribution in [2.45, 2.75) is 63.8 Å². The fourth-order valence-corrected chi connectivity index (χ4v) is 9.01. The van der Waals surface area contributed by atoms with Crippen LogP contribution in [0.5, 0.6) is 11.5 Å². The third kappa shape index (κ3) is 7.55. The van der Waals surface area contributed by atoms with Crippen LogP contribution in [-0.2, 0) is 4.79 Å². The summed E-state index contributed by atoms with van der Waals surface area (Å²) >= 11 is 0. The molecule has 0 unspecified atom stereocenters. The Balaban J connectivity index is 0.00000504. The molecule has 0 atom stereocenters. The first-order valence-electron chi connectivity index (χ1n) is 17.8. The minimum absolute atomic E-state index is 0. The fourth-order valence-electron chi connectivity index (χ4n) is 9.01. The molecule has 4 aliphatic rings. The minimum atomic E-state index is -1.43. The maximum atomic E-state index is 14.3. The molecule has 4 saturated carbocycles. The third-order valence-corrected chi connectivity index (χ3v) is 11.3. The number of aliphatic carboxylic acids is 1. The summed E-state index contributed by atoms with van der Waals surface area (Å²) in [6.45, 7) is 5.60. The molecule has 11 nitrogen and oxygen atoms in total. The summed E-state index contributed by atoms with van der Waals surface area (Å²) in [7, 11) is 8.97. The van der Waals surface area contributed by atoms with Crippen molar-refractivity contribution in [2.75, 3.05) is 48.5 Å². The van der Waals surface area contributed by atoms with E-state index in [-0.39, 0.29) is 80.7 Å². The first-order chi connectivity index (χ1) is 23.9. The van der Waals surface area contributed by atoms with Crippen LogP contribution >= 0.6 is 0 Å². The van der Waals surface area contributed by atoms with Gasteiger partial charge in [0, 0.05) is 19.2 Å². The molecule has 0 radical (unpaired) electrons. The molecular formula is C39H50KN5O6. The molecule has 1 N–H and O–H groups in total. The van der Waals surface area contributed by atoms with E-state index in [4.69, 9.17) is 14.6 Å². The normalized spacial score (nSPS) is 23.2. The Bertz CT molecular complexity index is 1720. The van der Waals surface area contributed by atoms with E-state index in [9.17, 15) is 19.5 Å². The summed E-state index contributed by atoms with van der Waals surface area (Å²) in [5.41, 5.74) is 1.85. The number of carboxylic acid groups (broad SMARTS) is 1. The van der Waals surface area contributed by atoms with Crippen LogP contribution in [0, 0.1) is 23.7 Å². The average Bonchev–Trinajstić information content (AvgIpc) is 3.53. The SMILES string of the molecule is COc1cccc(OC)c1-c1cc(C(=O)NC2(C(=O)[O-])C3CC4CC(C3)CC2C4)nn1-c1ccc(C(=O)N(C)CCCN(C)C)cc1C(C)C.[K+]. The summed E-state index contributed by atoms with van der Waals surface area (Å²) in [5, 5.41) is 20.9. The molecule has 268 valence electrons. The Hall–Kier alpha value is -2.74. The largest absolute Gasteiger partial charge is 1.00 e. The molecule has 7 rings (SSSR count). The molecule has 1 aromatic heterocycles. The van der Waals surface area contributed by atoms with E-state index in [1.807, 2.05) is 65.3 Å². The molecule has 1 heterocycles. The van der Waals surface area contributed by atoms with Crippen molar-refractivity contribution in [3.8, 4) is 28.4 Å². The Morgan fingerprint density at radius 1 is 0.941 bits per heavy atom. The molecule has 3 aromatic rings. The van der Waals surface area contributed by atoms with Crippen molar-refractivity contribution in [2.24, 2.45) is 23.7 Å². The van der Waals surface area contributed by atoms with Crippen LogP contribution < -0.4 is 71.3 Å². The predicted molar refractivity (Wildman–Crippen MR) is 189 cm³/mol. The molecule has 12 heteroatoms. The Morgan fingerprint density at radius 2 is 1.55 bits per heavy atom. The van der Waals surface area contributed by atoms with Gasteiger partial charge in [-0.2, -0.15) is 5.10 Å². The molecular weight excluding hydrogens is 674 g/mol. The third-order valence-electron chi connectivity index (χ3n) is 11.3. The Labute approximate surface area is 343 Å². The van der Waals surface area contributed by atoms with Crippen LogP contribution in [-0.4, -0.2) is 91.4 Å². The van der Waals surface area contributed by atoms with Crippen molar-refractivity contribution in [1.29, 1.82) is 0 Å². The van der Waals surface area contributed by atoms with Gasteiger partial charge in [0.1, 0.15) is 11.5 Å².